The van der Waals surface area contributed by atoms with Crippen molar-refractivity contribution < 1.29 is 9.90 Å². The van der Waals surface area contributed by atoms with Crippen LogP contribution in [0.1, 0.15) is 70.3 Å². The third-order valence-electron chi connectivity index (χ3n) is 10.0. The molecule has 8 heteroatoms. The first-order valence-electron chi connectivity index (χ1n) is 14.7. The van der Waals surface area contributed by atoms with Gasteiger partial charge in [0.2, 0.25) is 0 Å². The van der Waals surface area contributed by atoms with Gasteiger partial charge < -0.3 is 14.2 Å². The highest BCUT2D eigenvalue weighted by Crippen LogP contribution is 2.48. The topological polar surface area (TPSA) is 97.4 Å². The van der Waals surface area contributed by atoms with Crippen LogP contribution in [0.15, 0.2) is 52.2 Å². The van der Waals surface area contributed by atoms with Crippen LogP contribution in [0.3, 0.4) is 0 Å². The third-order valence-corrected chi connectivity index (χ3v) is 10.0. The number of nitrogens with zero attached hydrogens (tertiary/aromatic N) is 4. The number of carbonyl (C=O) groups is 1. The third kappa shape index (κ3) is 4.33. The average molecular weight is 529 g/mol. The number of aromatic nitrogens is 3. The molecule has 0 amide bonds. The average Bonchev–Trinajstić information content (AvgIpc) is 3.18. The van der Waals surface area contributed by atoms with Gasteiger partial charge in [0.25, 0.3) is 11.1 Å². The summed E-state index contributed by atoms with van der Waals surface area (Å²) >= 11 is 0. The quantitative estimate of drug-likeness (QED) is 0.526. The van der Waals surface area contributed by atoms with Crippen molar-refractivity contribution in [2.75, 3.05) is 0 Å². The fourth-order valence-corrected chi connectivity index (χ4v) is 8.61. The Morgan fingerprint density at radius 1 is 0.821 bits per heavy atom. The summed E-state index contributed by atoms with van der Waals surface area (Å²) in [6, 6.07) is 12.6. The van der Waals surface area contributed by atoms with Gasteiger partial charge in [-0.3, -0.25) is 19.3 Å². The van der Waals surface area contributed by atoms with Crippen LogP contribution < -0.4 is 11.1 Å². The van der Waals surface area contributed by atoms with Gasteiger partial charge in [-0.2, -0.15) is 0 Å². The van der Waals surface area contributed by atoms with Crippen LogP contribution >= 0.6 is 0 Å². The van der Waals surface area contributed by atoms with Crippen LogP contribution in [0, 0.1) is 11.8 Å². The zero-order valence-electron chi connectivity index (χ0n) is 22.2. The summed E-state index contributed by atoms with van der Waals surface area (Å²) in [7, 11) is 0. The predicted molar refractivity (Wildman–Crippen MR) is 149 cm³/mol. The van der Waals surface area contributed by atoms with Gasteiger partial charge in [0.05, 0.1) is 16.6 Å². The normalized spacial score (nSPS) is 30.5. The van der Waals surface area contributed by atoms with Crippen molar-refractivity contribution >= 4 is 17.0 Å². The van der Waals surface area contributed by atoms with Crippen molar-refractivity contribution in [1.29, 1.82) is 0 Å². The van der Waals surface area contributed by atoms with Gasteiger partial charge in [0.1, 0.15) is 12.2 Å². The molecule has 4 unspecified atom stereocenters. The van der Waals surface area contributed by atoms with E-state index in [-0.39, 0.29) is 22.9 Å². The maximum absolute atomic E-state index is 14.1. The molecule has 1 N–H and O–H groups in total. The Bertz CT molecular complexity index is 1520. The number of hydrogen-bond donors (Lipinski definition) is 1. The minimum Gasteiger partial charge on any atom is -0.480 e. The number of carboxylic acids is 1. The van der Waals surface area contributed by atoms with Gasteiger partial charge in [0, 0.05) is 30.4 Å². The lowest BCUT2D eigenvalue weighted by Crippen LogP contribution is -2.52. The second-order valence-corrected chi connectivity index (χ2v) is 12.4. The molecule has 7 rings (SSSR count). The Kier molecular flexibility index (Phi) is 6.18. The Balaban J connectivity index is 1.26. The smallest absolute Gasteiger partial charge is 0.323 e. The molecule has 2 saturated carbocycles. The van der Waals surface area contributed by atoms with E-state index >= 15 is 0 Å². The molecule has 0 radical (unpaired) electrons. The highest BCUT2D eigenvalue weighted by Gasteiger charge is 2.47. The molecular weight excluding hydrogens is 492 g/mol. The molecule has 39 heavy (non-hydrogen) atoms. The van der Waals surface area contributed by atoms with Crippen LogP contribution in [0.2, 0.25) is 0 Å². The van der Waals surface area contributed by atoms with E-state index in [4.69, 9.17) is 0 Å². The summed E-state index contributed by atoms with van der Waals surface area (Å²) in [5, 5.41) is 9.24. The lowest BCUT2D eigenvalue weighted by Gasteiger charge is -2.49. The fraction of sp³-hybridized carbons (Fsp3) is 0.548. The number of hydrogen-bond acceptors (Lipinski definition) is 5. The minimum absolute atomic E-state index is 0.0472. The number of benzene rings is 1. The van der Waals surface area contributed by atoms with E-state index in [2.05, 4.69) is 9.88 Å². The summed E-state index contributed by atoms with van der Waals surface area (Å²) in [5.74, 6) is 0.678. The first kappa shape index (κ1) is 24.8. The first-order chi connectivity index (χ1) is 19.0. The van der Waals surface area contributed by atoms with Crippen LogP contribution in [0.5, 0.6) is 0 Å². The molecule has 204 valence electrons. The molecule has 2 aliphatic carbocycles. The molecule has 1 aromatic carbocycles. The summed E-state index contributed by atoms with van der Waals surface area (Å²) < 4.78 is 3.03. The van der Waals surface area contributed by atoms with Crippen molar-refractivity contribution in [2.45, 2.75) is 94.9 Å². The van der Waals surface area contributed by atoms with E-state index in [1.54, 1.807) is 12.1 Å². The second kappa shape index (κ2) is 9.73. The SMILES string of the molecule is O=C(O)Cn1cccc(-c2nc3ccccc3n(C3CC4CCC(C3)N4C3CC4CCCC(C4)C3)c2=O)c1=O. The summed E-state index contributed by atoms with van der Waals surface area (Å²) in [4.78, 5) is 46.1. The molecule has 2 saturated heterocycles. The number of pyridine rings is 1. The molecule has 4 fully saturated rings. The number of carboxylic acid groups (broad SMARTS) is 1. The van der Waals surface area contributed by atoms with Crippen molar-refractivity contribution in [3.63, 3.8) is 0 Å². The van der Waals surface area contributed by atoms with E-state index in [1.165, 1.54) is 57.6 Å². The van der Waals surface area contributed by atoms with E-state index in [1.807, 2.05) is 28.8 Å². The number of piperidine rings is 1. The highest BCUT2D eigenvalue weighted by molar-refractivity contribution is 5.78. The highest BCUT2D eigenvalue weighted by atomic mass is 16.4. The molecule has 2 aromatic heterocycles. The Hall–Kier alpha value is -3.26. The summed E-state index contributed by atoms with van der Waals surface area (Å²) in [6.45, 7) is -0.459. The molecule has 8 nitrogen and oxygen atoms in total. The molecule has 4 heterocycles. The zero-order valence-corrected chi connectivity index (χ0v) is 22.2. The Morgan fingerprint density at radius 2 is 1.54 bits per heavy atom. The standard InChI is InChI=1S/C31H36N4O4/c36-28(37)18-33-12-4-7-25(30(33)38)29-31(39)35(27-9-2-1-8-26(27)32-29)24-16-21-10-11-22(17-24)34(21)23-14-19-5-3-6-20(13-19)15-23/h1-2,4,7-9,12,19-24H,3,5-6,10-11,13-18H2,(H,36,37). The summed E-state index contributed by atoms with van der Waals surface area (Å²) in [6.07, 6.45) is 14.0. The molecular formula is C31H36N4O4. The molecule has 0 spiro atoms. The lowest BCUT2D eigenvalue weighted by molar-refractivity contribution is -0.137. The number of rotatable bonds is 5. The largest absolute Gasteiger partial charge is 0.480 e. The van der Waals surface area contributed by atoms with E-state index in [9.17, 15) is 19.5 Å². The van der Waals surface area contributed by atoms with Gasteiger partial charge in [-0.15, -0.1) is 0 Å². The first-order valence-corrected chi connectivity index (χ1v) is 14.7. The number of para-hydroxylation sites is 2. The van der Waals surface area contributed by atoms with Gasteiger partial charge in [-0.25, -0.2) is 4.98 Å². The minimum atomic E-state index is -1.11. The molecule has 4 aliphatic rings. The number of aliphatic carboxylic acids is 1. The van der Waals surface area contributed by atoms with Crippen LogP contribution in [-0.2, 0) is 11.3 Å². The maximum atomic E-state index is 14.1. The second-order valence-electron chi connectivity index (χ2n) is 12.4. The maximum Gasteiger partial charge on any atom is 0.323 e. The molecule has 4 atom stereocenters. The summed E-state index contributed by atoms with van der Waals surface area (Å²) in [5.41, 5.74) is 0.965. The fourth-order valence-electron chi connectivity index (χ4n) is 8.61. The van der Waals surface area contributed by atoms with Gasteiger partial charge in [0.15, 0.2) is 0 Å². The Morgan fingerprint density at radius 3 is 2.26 bits per heavy atom. The number of fused-ring (bicyclic) bond motifs is 5. The van der Waals surface area contributed by atoms with Crippen LogP contribution in [0.4, 0.5) is 0 Å². The van der Waals surface area contributed by atoms with E-state index in [0.29, 0.717) is 23.6 Å². The van der Waals surface area contributed by atoms with Crippen molar-refractivity contribution in [3.05, 3.63) is 63.3 Å². The van der Waals surface area contributed by atoms with Gasteiger partial charge in [-0.1, -0.05) is 31.4 Å². The lowest BCUT2D eigenvalue weighted by atomic mass is 9.69. The Labute approximate surface area is 227 Å². The monoisotopic (exact) mass is 528 g/mol. The molecule has 3 aromatic rings. The zero-order chi connectivity index (χ0) is 26.7. The van der Waals surface area contributed by atoms with Crippen LogP contribution in [0.25, 0.3) is 22.3 Å². The van der Waals surface area contributed by atoms with Crippen molar-refractivity contribution in [1.82, 2.24) is 19.0 Å². The van der Waals surface area contributed by atoms with E-state index in [0.717, 1.165) is 34.8 Å². The van der Waals surface area contributed by atoms with Crippen LogP contribution in [-0.4, -0.2) is 48.2 Å². The molecule has 2 aliphatic heterocycles. The predicted octanol–water partition coefficient (Wildman–Crippen LogP) is 4.45. The van der Waals surface area contributed by atoms with Crippen molar-refractivity contribution in [3.8, 4) is 11.3 Å². The van der Waals surface area contributed by atoms with Gasteiger partial charge >= 0.3 is 5.97 Å². The van der Waals surface area contributed by atoms with E-state index < -0.39 is 18.1 Å². The molecule has 4 bridgehead atoms. The van der Waals surface area contributed by atoms with Crippen molar-refractivity contribution in [2.24, 2.45) is 11.8 Å². The van der Waals surface area contributed by atoms with Gasteiger partial charge in [-0.05, 0) is 81.0 Å².